The van der Waals surface area contributed by atoms with Crippen molar-refractivity contribution < 1.29 is 4.79 Å². The Kier molecular flexibility index (Phi) is 1.76. The van der Waals surface area contributed by atoms with Crippen molar-refractivity contribution in [1.82, 2.24) is 0 Å². The number of allylic oxidation sites excluding steroid dienone is 2. The molecular formula is C9H11ClO. The predicted octanol–water partition coefficient (Wildman–Crippen LogP) is 2.35. The van der Waals surface area contributed by atoms with Crippen LogP contribution >= 0.6 is 11.6 Å². The number of hydrogen-bond acceptors (Lipinski definition) is 1. The predicted molar refractivity (Wildman–Crippen MR) is 44.3 cm³/mol. The molecule has 0 aromatic carbocycles. The van der Waals surface area contributed by atoms with E-state index in [9.17, 15) is 4.79 Å². The summed E-state index contributed by atoms with van der Waals surface area (Å²) >= 11 is 5.48. The van der Waals surface area contributed by atoms with Crippen LogP contribution in [-0.2, 0) is 4.79 Å². The third kappa shape index (κ3) is 1.22. The van der Waals surface area contributed by atoms with Crippen molar-refractivity contribution in [3.05, 3.63) is 12.2 Å². The quantitative estimate of drug-likeness (QED) is 0.436. The fourth-order valence-corrected chi connectivity index (χ4v) is 2.44. The summed E-state index contributed by atoms with van der Waals surface area (Å²) in [5.41, 5.74) is 0. The first-order chi connectivity index (χ1) is 5.27. The molecule has 3 aliphatic rings. The first-order valence-corrected chi connectivity index (χ1v) is 4.53. The van der Waals surface area contributed by atoms with Crippen LogP contribution in [-0.4, -0.2) is 5.24 Å². The molecular weight excluding hydrogens is 160 g/mol. The minimum Gasteiger partial charge on any atom is -0.281 e. The SMILES string of the molecule is O=C(Cl)C1CC2C=CC1CC2. The maximum absolute atomic E-state index is 10.9. The fourth-order valence-electron chi connectivity index (χ4n) is 2.19. The number of carbonyl (C=O) groups is 1. The van der Waals surface area contributed by atoms with Crippen molar-refractivity contribution in [3.8, 4) is 0 Å². The van der Waals surface area contributed by atoms with Crippen LogP contribution in [0.25, 0.3) is 0 Å². The molecule has 0 saturated heterocycles. The summed E-state index contributed by atoms with van der Waals surface area (Å²) in [6, 6.07) is 0. The standard InChI is InChI=1S/C9H11ClO/c10-9(11)8-5-6-1-3-7(8)4-2-6/h1,3,6-8H,2,4-5H2. The van der Waals surface area contributed by atoms with Crippen molar-refractivity contribution in [1.29, 1.82) is 0 Å². The van der Waals surface area contributed by atoms with E-state index in [2.05, 4.69) is 12.2 Å². The summed E-state index contributed by atoms with van der Waals surface area (Å²) in [5.74, 6) is 1.21. The second-order valence-corrected chi connectivity index (χ2v) is 3.91. The van der Waals surface area contributed by atoms with Gasteiger partial charge in [-0.2, -0.15) is 0 Å². The molecule has 0 spiro atoms. The smallest absolute Gasteiger partial charge is 0.225 e. The van der Waals surface area contributed by atoms with Crippen molar-refractivity contribution in [2.24, 2.45) is 17.8 Å². The van der Waals surface area contributed by atoms with Gasteiger partial charge >= 0.3 is 0 Å². The molecule has 11 heavy (non-hydrogen) atoms. The van der Waals surface area contributed by atoms with Crippen LogP contribution in [0.4, 0.5) is 0 Å². The van der Waals surface area contributed by atoms with Crippen LogP contribution < -0.4 is 0 Å². The molecule has 3 rings (SSSR count). The van der Waals surface area contributed by atoms with E-state index in [1.807, 2.05) is 0 Å². The Morgan fingerprint density at radius 2 is 2.18 bits per heavy atom. The molecule has 1 fully saturated rings. The van der Waals surface area contributed by atoms with E-state index in [0.29, 0.717) is 11.8 Å². The van der Waals surface area contributed by atoms with Crippen molar-refractivity contribution in [3.63, 3.8) is 0 Å². The summed E-state index contributed by atoms with van der Waals surface area (Å²) in [6.07, 6.45) is 7.81. The van der Waals surface area contributed by atoms with Gasteiger partial charge in [-0.05, 0) is 42.7 Å². The van der Waals surface area contributed by atoms with Crippen molar-refractivity contribution in [2.45, 2.75) is 19.3 Å². The average Bonchev–Trinajstić information content (AvgIpc) is 2.06. The highest BCUT2D eigenvalue weighted by Gasteiger charge is 2.35. The van der Waals surface area contributed by atoms with E-state index in [-0.39, 0.29) is 11.2 Å². The molecule has 3 atom stereocenters. The second-order valence-electron chi connectivity index (χ2n) is 3.53. The van der Waals surface area contributed by atoms with Gasteiger partial charge in [0.1, 0.15) is 0 Å². The molecule has 0 aromatic rings. The minimum absolute atomic E-state index is 0.125. The maximum Gasteiger partial charge on any atom is 0.225 e. The topological polar surface area (TPSA) is 17.1 Å². The summed E-state index contributed by atoms with van der Waals surface area (Å²) in [6.45, 7) is 0. The van der Waals surface area contributed by atoms with Crippen LogP contribution in [0.2, 0.25) is 0 Å². The molecule has 1 nitrogen and oxygen atoms in total. The Hall–Kier alpha value is -0.300. The number of carbonyl (C=O) groups excluding carboxylic acids is 1. The van der Waals surface area contributed by atoms with Gasteiger partial charge in [0, 0.05) is 5.92 Å². The monoisotopic (exact) mass is 170 g/mol. The lowest BCUT2D eigenvalue weighted by molar-refractivity contribution is -0.117. The van der Waals surface area contributed by atoms with Crippen LogP contribution in [0, 0.1) is 17.8 Å². The fraction of sp³-hybridized carbons (Fsp3) is 0.667. The van der Waals surface area contributed by atoms with Gasteiger partial charge < -0.3 is 0 Å². The minimum atomic E-state index is -0.135. The average molecular weight is 171 g/mol. The van der Waals surface area contributed by atoms with E-state index < -0.39 is 0 Å². The summed E-state index contributed by atoms with van der Waals surface area (Å²) in [5, 5.41) is -0.135. The third-order valence-corrected chi connectivity index (χ3v) is 3.15. The largest absolute Gasteiger partial charge is 0.281 e. The zero-order valence-electron chi connectivity index (χ0n) is 6.29. The van der Waals surface area contributed by atoms with Gasteiger partial charge in [0.25, 0.3) is 0 Å². The van der Waals surface area contributed by atoms with Crippen LogP contribution in [0.1, 0.15) is 19.3 Å². The normalized spacial score (nSPS) is 41.0. The van der Waals surface area contributed by atoms with E-state index >= 15 is 0 Å². The molecule has 2 heteroatoms. The first kappa shape index (κ1) is 7.35. The molecule has 0 aliphatic heterocycles. The van der Waals surface area contributed by atoms with Gasteiger partial charge in [0.2, 0.25) is 5.24 Å². The molecule has 3 aliphatic carbocycles. The molecule has 2 bridgehead atoms. The Bertz CT molecular complexity index is 210. The Morgan fingerprint density at radius 1 is 1.36 bits per heavy atom. The van der Waals surface area contributed by atoms with E-state index in [1.54, 1.807) is 0 Å². The van der Waals surface area contributed by atoms with Gasteiger partial charge in [0.05, 0.1) is 0 Å². The van der Waals surface area contributed by atoms with Gasteiger partial charge in [-0.3, -0.25) is 4.79 Å². The zero-order chi connectivity index (χ0) is 7.84. The van der Waals surface area contributed by atoms with Crippen molar-refractivity contribution in [2.75, 3.05) is 0 Å². The van der Waals surface area contributed by atoms with Crippen LogP contribution in [0.3, 0.4) is 0 Å². The number of fused-ring (bicyclic) bond motifs is 2. The highest BCUT2D eigenvalue weighted by atomic mass is 35.5. The lowest BCUT2D eigenvalue weighted by Gasteiger charge is -2.35. The molecule has 0 aromatic heterocycles. The van der Waals surface area contributed by atoms with Gasteiger partial charge in [-0.15, -0.1) is 0 Å². The second kappa shape index (κ2) is 2.63. The Balaban J connectivity index is 2.17. The summed E-state index contributed by atoms with van der Waals surface area (Å²) in [7, 11) is 0. The summed E-state index contributed by atoms with van der Waals surface area (Å²) in [4.78, 5) is 10.9. The number of rotatable bonds is 1. The molecule has 0 N–H and O–H groups in total. The lowest BCUT2D eigenvalue weighted by atomic mass is 9.70. The maximum atomic E-state index is 10.9. The molecule has 60 valence electrons. The van der Waals surface area contributed by atoms with Gasteiger partial charge in [-0.1, -0.05) is 12.2 Å². The van der Waals surface area contributed by atoms with Gasteiger partial charge in [-0.25, -0.2) is 0 Å². The first-order valence-electron chi connectivity index (χ1n) is 4.15. The number of hydrogen-bond donors (Lipinski definition) is 0. The highest BCUT2D eigenvalue weighted by Crippen LogP contribution is 2.41. The molecule has 1 saturated carbocycles. The molecule has 0 amide bonds. The summed E-state index contributed by atoms with van der Waals surface area (Å²) < 4.78 is 0. The molecule has 0 heterocycles. The Labute approximate surface area is 71.4 Å². The third-order valence-electron chi connectivity index (χ3n) is 2.87. The molecule has 3 unspecified atom stereocenters. The molecule has 0 radical (unpaired) electrons. The van der Waals surface area contributed by atoms with E-state index in [1.165, 1.54) is 6.42 Å². The van der Waals surface area contributed by atoms with E-state index in [4.69, 9.17) is 11.6 Å². The zero-order valence-corrected chi connectivity index (χ0v) is 7.05. The van der Waals surface area contributed by atoms with Gasteiger partial charge in [0.15, 0.2) is 0 Å². The lowest BCUT2D eigenvalue weighted by Crippen LogP contribution is -2.30. The van der Waals surface area contributed by atoms with Crippen molar-refractivity contribution >= 4 is 16.8 Å². The Morgan fingerprint density at radius 3 is 2.45 bits per heavy atom. The van der Waals surface area contributed by atoms with Crippen LogP contribution in [0.15, 0.2) is 12.2 Å². The van der Waals surface area contributed by atoms with Crippen LogP contribution in [0.5, 0.6) is 0 Å². The number of halogens is 1. The van der Waals surface area contributed by atoms with E-state index in [0.717, 1.165) is 12.8 Å². The highest BCUT2D eigenvalue weighted by molar-refractivity contribution is 6.64.